The van der Waals surface area contributed by atoms with Gasteiger partial charge in [0.1, 0.15) is 0 Å². The zero-order valence-corrected chi connectivity index (χ0v) is 52.3. The normalized spacial score (nSPS) is 14.6. The molecular formula is C48H42Br9O10P. The molecule has 0 saturated carbocycles. The number of rotatable bonds is 24. The number of phosphoric acid groups is 1. The molecule has 0 N–H and O–H groups in total. The zero-order chi connectivity index (χ0) is 52.2. The SMILES string of the molecule is C=CC(=O)C(C)c1c(Br)c(Br)c(Br)c(OP(=O)(Oc2c(Br)c(Br)c(Br)c(C(C)C(=O)C=C)c2C(C)C(=O)C=C)Oc2c(Br)c(Br)c(Br)c(C(C)C(=O)C=C)c2C(C)C(=O)C=C)c1C(C)C(=O)C=C. The molecule has 0 aromatic heterocycles. The van der Waals surface area contributed by atoms with Crippen LogP contribution >= 0.6 is 151 Å². The van der Waals surface area contributed by atoms with Crippen LogP contribution in [-0.4, -0.2) is 34.7 Å². The number of hydrogen-bond acceptors (Lipinski definition) is 10. The Morgan fingerprint density at radius 1 is 0.338 bits per heavy atom. The minimum atomic E-state index is -5.55. The molecule has 0 amide bonds. The molecule has 0 aliphatic rings. The number of benzene rings is 3. The van der Waals surface area contributed by atoms with E-state index in [1.165, 1.54) is 20.8 Å². The summed E-state index contributed by atoms with van der Waals surface area (Å²) in [6.45, 7) is 31.3. The fraction of sp³-hybridized carbons (Fsp3) is 0.250. The molecule has 0 fully saturated rings. The van der Waals surface area contributed by atoms with Crippen LogP contribution in [-0.2, 0) is 33.3 Å². The molecular weight excluding hydrogens is 1490 g/mol. The molecule has 0 radical (unpaired) electrons. The van der Waals surface area contributed by atoms with E-state index < -0.39 is 78.0 Å². The number of halogens is 9. The topological polar surface area (TPSA) is 147 Å². The lowest BCUT2D eigenvalue weighted by Crippen LogP contribution is -2.21. The van der Waals surface area contributed by atoms with Gasteiger partial charge in [-0.3, -0.25) is 28.8 Å². The average molecular weight is 1530 g/mol. The summed E-state index contributed by atoms with van der Waals surface area (Å²) >= 11 is 32.1. The van der Waals surface area contributed by atoms with Gasteiger partial charge < -0.3 is 13.6 Å². The largest absolute Gasteiger partial charge is 0.647 e. The smallest absolute Gasteiger partial charge is 0.384 e. The second-order valence-electron chi connectivity index (χ2n) is 15.0. The van der Waals surface area contributed by atoms with Crippen molar-refractivity contribution in [1.29, 1.82) is 0 Å². The Morgan fingerprint density at radius 2 is 0.500 bits per heavy atom. The molecule has 20 heteroatoms. The fourth-order valence-corrected chi connectivity index (χ4v) is 14.6. The van der Waals surface area contributed by atoms with E-state index in [4.69, 9.17) is 13.6 Å². The molecule has 3 rings (SSSR count). The number of hydrogen-bond donors (Lipinski definition) is 0. The lowest BCUT2D eigenvalue weighted by atomic mass is 9.84. The van der Waals surface area contributed by atoms with Gasteiger partial charge in [0, 0.05) is 65.6 Å². The Bertz CT molecular complexity index is 2490. The maximum atomic E-state index is 16.6. The van der Waals surface area contributed by atoms with Crippen molar-refractivity contribution in [3.8, 4) is 17.2 Å². The van der Waals surface area contributed by atoms with Crippen LogP contribution in [0, 0.1) is 0 Å². The van der Waals surface area contributed by atoms with Crippen molar-refractivity contribution in [2.75, 3.05) is 0 Å². The zero-order valence-electron chi connectivity index (χ0n) is 37.1. The number of allylic oxidation sites excluding steroid dienone is 6. The van der Waals surface area contributed by atoms with Crippen molar-refractivity contribution in [1.82, 2.24) is 0 Å². The third-order valence-electron chi connectivity index (χ3n) is 11.0. The summed E-state index contributed by atoms with van der Waals surface area (Å²) in [5, 5.41) is 0. The molecule has 3 aromatic carbocycles. The molecule has 6 atom stereocenters. The number of carbonyl (C=O) groups excluding carboxylic acids is 6. The maximum absolute atomic E-state index is 16.6. The molecule has 68 heavy (non-hydrogen) atoms. The molecule has 0 saturated heterocycles. The van der Waals surface area contributed by atoms with Gasteiger partial charge in [-0.05, 0) is 197 Å². The van der Waals surface area contributed by atoms with E-state index in [2.05, 4.69) is 183 Å². The van der Waals surface area contributed by atoms with Crippen molar-refractivity contribution < 1.29 is 46.9 Å². The summed E-state index contributed by atoms with van der Waals surface area (Å²) < 4.78 is 38.6. The van der Waals surface area contributed by atoms with Gasteiger partial charge in [0.25, 0.3) is 0 Å². The third-order valence-corrected chi connectivity index (χ3v) is 22.6. The number of ketones is 6. The summed E-state index contributed by atoms with van der Waals surface area (Å²) in [5.41, 5.74) is 0.808. The third kappa shape index (κ3) is 12.1. The highest BCUT2D eigenvalue weighted by molar-refractivity contribution is 9.15. The number of carbonyl (C=O) groups is 6. The van der Waals surface area contributed by atoms with E-state index in [0.29, 0.717) is 13.4 Å². The quantitative estimate of drug-likeness (QED) is 0.0482. The molecule has 10 nitrogen and oxygen atoms in total. The van der Waals surface area contributed by atoms with Crippen molar-refractivity contribution >= 4 is 186 Å². The van der Waals surface area contributed by atoms with Crippen molar-refractivity contribution in [2.24, 2.45) is 0 Å². The van der Waals surface area contributed by atoms with Gasteiger partial charge >= 0.3 is 7.82 Å². The molecule has 0 bridgehead atoms. The van der Waals surface area contributed by atoms with Crippen molar-refractivity contribution in [2.45, 2.75) is 77.0 Å². The van der Waals surface area contributed by atoms with E-state index in [-0.39, 0.29) is 77.5 Å². The van der Waals surface area contributed by atoms with Gasteiger partial charge in [-0.15, -0.1) is 0 Å². The minimum absolute atomic E-state index is 0.0433. The number of phosphoric ester groups is 1. The standard InChI is InChI=1S/C48H42Br9O10P/c1-13-25(58)19(7)31-34(22(10)28(61)16-4)46(43(55)40(52)37(31)49)65-68(64,66-47-35(23(11)29(62)17-5)32(20(8)26(59)14-2)38(50)41(53)44(47)56)67-48-36(24(12)30(63)18-6)33(21(9)27(60)15-3)39(51)42(54)45(48)57/h13-24H,1-6H2,7-12H3. The monoisotopic (exact) mass is 1520 g/mol. The molecule has 362 valence electrons. The Kier molecular flexibility index (Phi) is 22.3. The summed E-state index contributed by atoms with van der Waals surface area (Å²) in [6, 6.07) is 0. The van der Waals surface area contributed by atoms with Crippen LogP contribution < -0.4 is 13.6 Å². The van der Waals surface area contributed by atoms with E-state index >= 15 is 4.57 Å². The van der Waals surface area contributed by atoms with Crippen LogP contribution in [0.15, 0.2) is 116 Å². The predicted octanol–water partition coefficient (Wildman–Crippen LogP) is 17.3. The van der Waals surface area contributed by atoms with E-state index in [0.717, 1.165) is 36.5 Å². The van der Waals surface area contributed by atoms with Gasteiger partial charge in [-0.2, -0.15) is 4.57 Å². The van der Waals surface area contributed by atoms with Crippen molar-refractivity contribution in [3.63, 3.8) is 0 Å². The lowest BCUT2D eigenvalue weighted by Gasteiger charge is -2.31. The Labute approximate surface area is 471 Å². The fourth-order valence-electron chi connectivity index (χ4n) is 7.15. The highest BCUT2D eigenvalue weighted by Gasteiger charge is 2.45. The summed E-state index contributed by atoms with van der Waals surface area (Å²) in [6.07, 6.45) is 6.59. The Morgan fingerprint density at radius 3 is 0.662 bits per heavy atom. The molecule has 3 aromatic rings. The first-order valence-corrected chi connectivity index (χ1v) is 28.5. The van der Waals surface area contributed by atoms with E-state index in [1.807, 2.05) is 0 Å². The van der Waals surface area contributed by atoms with Crippen molar-refractivity contribution in [3.05, 3.63) is 150 Å². The lowest BCUT2D eigenvalue weighted by molar-refractivity contribution is -0.116. The van der Waals surface area contributed by atoms with Gasteiger partial charge in [0.05, 0.1) is 26.8 Å². The molecule has 0 aliphatic heterocycles. The second kappa shape index (κ2) is 25.1. The van der Waals surface area contributed by atoms with Crippen LogP contribution in [0.3, 0.4) is 0 Å². The summed E-state index contributed by atoms with van der Waals surface area (Å²) in [5.74, 6) is -10.3. The van der Waals surface area contributed by atoms with Crippen LogP contribution in [0.5, 0.6) is 17.2 Å². The molecule has 6 unspecified atom stereocenters. The van der Waals surface area contributed by atoms with Crippen LogP contribution in [0.25, 0.3) is 0 Å². The predicted molar refractivity (Wildman–Crippen MR) is 300 cm³/mol. The maximum Gasteiger partial charge on any atom is 0.647 e. The molecule has 0 aliphatic carbocycles. The van der Waals surface area contributed by atoms with Crippen LogP contribution in [0.1, 0.15) is 110 Å². The first-order valence-electron chi connectivity index (χ1n) is 19.9. The first kappa shape index (κ1) is 60.4. The van der Waals surface area contributed by atoms with Crippen LogP contribution in [0.2, 0.25) is 0 Å². The minimum Gasteiger partial charge on any atom is -0.384 e. The van der Waals surface area contributed by atoms with Gasteiger partial charge in [0.15, 0.2) is 51.9 Å². The highest BCUT2D eigenvalue weighted by Crippen LogP contribution is 2.62. The average Bonchev–Trinajstić information content (AvgIpc) is 3.33. The molecule has 0 heterocycles. The summed E-state index contributed by atoms with van der Waals surface area (Å²) in [7, 11) is -5.55. The van der Waals surface area contributed by atoms with E-state index in [1.54, 1.807) is 20.8 Å². The summed E-state index contributed by atoms with van der Waals surface area (Å²) in [4.78, 5) is 81.5. The van der Waals surface area contributed by atoms with E-state index in [9.17, 15) is 28.8 Å². The first-order chi connectivity index (χ1) is 31.6. The van der Waals surface area contributed by atoms with Gasteiger partial charge in [-0.1, -0.05) is 81.0 Å². The van der Waals surface area contributed by atoms with Gasteiger partial charge in [0.2, 0.25) is 0 Å². The Hall–Kier alpha value is -1.93. The highest BCUT2D eigenvalue weighted by atomic mass is 79.9. The molecule has 0 spiro atoms. The van der Waals surface area contributed by atoms with Crippen LogP contribution in [0.4, 0.5) is 0 Å². The Balaban J connectivity index is 2.88. The van der Waals surface area contributed by atoms with Gasteiger partial charge in [-0.25, -0.2) is 0 Å². The second-order valence-corrected chi connectivity index (χ2v) is 23.6.